The van der Waals surface area contributed by atoms with Gasteiger partial charge in [0.2, 0.25) is 0 Å². The summed E-state index contributed by atoms with van der Waals surface area (Å²) in [6.07, 6.45) is 2.05. The molecule has 4 nitrogen and oxygen atoms in total. The van der Waals surface area contributed by atoms with E-state index >= 15 is 0 Å². The van der Waals surface area contributed by atoms with Crippen molar-refractivity contribution >= 4 is 11.0 Å². The standard InChI is InChI=1S/C14H14O4/c1-4-5-9-10(15)7-12-13(14(9)17-3)11(16)6-8(2)18-12/h4,6-7,15H,1,5H2,2-3H3. The largest absolute Gasteiger partial charge is 0.507 e. The van der Waals surface area contributed by atoms with Crippen LogP contribution < -0.4 is 10.2 Å². The predicted molar refractivity (Wildman–Crippen MR) is 69.3 cm³/mol. The number of phenols is 1. The van der Waals surface area contributed by atoms with Crippen molar-refractivity contribution in [2.75, 3.05) is 7.11 Å². The first kappa shape index (κ1) is 12.2. The van der Waals surface area contributed by atoms with Gasteiger partial charge in [-0.15, -0.1) is 6.58 Å². The van der Waals surface area contributed by atoms with E-state index in [0.717, 1.165) is 0 Å². The molecule has 1 N–H and O–H groups in total. The molecule has 1 aromatic carbocycles. The molecule has 0 atom stereocenters. The van der Waals surface area contributed by atoms with Crippen LogP contribution in [-0.4, -0.2) is 12.2 Å². The van der Waals surface area contributed by atoms with Crippen LogP contribution in [0.15, 0.2) is 34.0 Å². The van der Waals surface area contributed by atoms with Gasteiger partial charge in [0.25, 0.3) is 0 Å². The van der Waals surface area contributed by atoms with Gasteiger partial charge in [-0.05, 0) is 13.3 Å². The fourth-order valence-corrected chi connectivity index (χ4v) is 2.00. The zero-order valence-electron chi connectivity index (χ0n) is 10.3. The molecule has 4 heteroatoms. The molecule has 0 amide bonds. The summed E-state index contributed by atoms with van der Waals surface area (Å²) in [5, 5.41) is 10.3. The van der Waals surface area contributed by atoms with E-state index in [-0.39, 0.29) is 11.2 Å². The summed E-state index contributed by atoms with van der Waals surface area (Å²) in [5.41, 5.74) is 0.675. The molecule has 94 valence electrons. The zero-order valence-corrected chi connectivity index (χ0v) is 10.3. The number of allylic oxidation sites excluding steroid dienone is 1. The first-order valence-corrected chi connectivity index (χ1v) is 5.52. The van der Waals surface area contributed by atoms with Crippen molar-refractivity contribution in [1.29, 1.82) is 0 Å². The van der Waals surface area contributed by atoms with Crippen molar-refractivity contribution in [2.45, 2.75) is 13.3 Å². The molecule has 18 heavy (non-hydrogen) atoms. The molecule has 2 rings (SSSR count). The van der Waals surface area contributed by atoms with Crippen LogP contribution in [0.4, 0.5) is 0 Å². The molecule has 0 aliphatic rings. The minimum absolute atomic E-state index is 0.0352. The molecule has 2 aromatic rings. The van der Waals surface area contributed by atoms with Crippen LogP contribution >= 0.6 is 0 Å². The second kappa shape index (κ2) is 4.56. The number of hydrogen-bond donors (Lipinski definition) is 1. The van der Waals surface area contributed by atoms with Crippen molar-refractivity contribution < 1.29 is 14.3 Å². The van der Waals surface area contributed by atoms with E-state index in [9.17, 15) is 9.90 Å². The Kier molecular flexibility index (Phi) is 3.10. The second-order valence-electron chi connectivity index (χ2n) is 3.99. The van der Waals surface area contributed by atoms with Crippen molar-refractivity contribution in [2.24, 2.45) is 0 Å². The maximum atomic E-state index is 12.0. The van der Waals surface area contributed by atoms with E-state index < -0.39 is 0 Å². The third kappa shape index (κ3) is 1.86. The second-order valence-corrected chi connectivity index (χ2v) is 3.99. The number of fused-ring (bicyclic) bond motifs is 1. The summed E-state index contributed by atoms with van der Waals surface area (Å²) in [6.45, 7) is 5.30. The monoisotopic (exact) mass is 246 g/mol. The number of ether oxygens (including phenoxy) is 1. The van der Waals surface area contributed by atoms with Crippen LogP contribution in [-0.2, 0) is 6.42 Å². The predicted octanol–water partition coefficient (Wildman–Crippen LogP) is 2.54. The van der Waals surface area contributed by atoms with Gasteiger partial charge in [0.15, 0.2) is 5.43 Å². The minimum Gasteiger partial charge on any atom is -0.507 e. The first-order chi connectivity index (χ1) is 8.58. The number of rotatable bonds is 3. The SMILES string of the molecule is C=CCc1c(O)cc2oc(C)cc(=O)c2c1OC. The Morgan fingerprint density at radius 3 is 2.83 bits per heavy atom. The molecule has 0 aliphatic heterocycles. The lowest BCUT2D eigenvalue weighted by Gasteiger charge is -2.11. The van der Waals surface area contributed by atoms with Crippen LogP contribution in [0.5, 0.6) is 11.5 Å². The maximum absolute atomic E-state index is 12.0. The van der Waals surface area contributed by atoms with Crippen LogP contribution in [0.2, 0.25) is 0 Å². The Hall–Kier alpha value is -2.23. The average Bonchev–Trinajstić information content (AvgIpc) is 2.30. The summed E-state index contributed by atoms with van der Waals surface area (Å²) in [7, 11) is 1.46. The van der Waals surface area contributed by atoms with E-state index in [0.29, 0.717) is 34.5 Å². The normalized spacial score (nSPS) is 10.6. The fourth-order valence-electron chi connectivity index (χ4n) is 2.00. The summed E-state index contributed by atoms with van der Waals surface area (Å²) in [5.74, 6) is 0.872. The number of methoxy groups -OCH3 is 1. The lowest BCUT2D eigenvalue weighted by molar-refractivity contribution is 0.404. The molecule has 0 saturated heterocycles. The molecule has 0 bridgehead atoms. The molecule has 1 aromatic heterocycles. The molecule has 0 aliphatic carbocycles. The number of aryl methyl sites for hydroxylation is 1. The molecular formula is C14H14O4. The Balaban J connectivity index is 2.94. The van der Waals surface area contributed by atoms with E-state index in [4.69, 9.17) is 9.15 Å². The lowest BCUT2D eigenvalue weighted by atomic mass is 10.0. The fraction of sp³-hybridized carbons (Fsp3) is 0.214. The summed E-state index contributed by atoms with van der Waals surface area (Å²) in [6, 6.07) is 2.84. The van der Waals surface area contributed by atoms with Crippen molar-refractivity contribution in [1.82, 2.24) is 0 Å². The molecule has 0 radical (unpaired) electrons. The van der Waals surface area contributed by atoms with Crippen LogP contribution in [0.3, 0.4) is 0 Å². The molecule has 0 saturated carbocycles. The van der Waals surface area contributed by atoms with E-state index in [1.54, 1.807) is 13.0 Å². The lowest BCUT2D eigenvalue weighted by Crippen LogP contribution is -2.05. The molecule has 0 fully saturated rings. The number of phenolic OH excluding ortho intramolecular Hbond substituents is 1. The molecular weight excluding hydrogens is 232 g/mol. The van der Waals surface area contributed by atoms with Gasteiger partial charge >= 0.3 is 0 Å². The topological polar surface area (TPSA) is 59.7 Å². The molecule has 0 spiro atoms. The van der Waals surface area contributed by atoms with E-state index in [2.05, 4.69) is 6.58 Å². The average molecular weight is 246 g/mol. The third-order valence-corrected chi connectivity index (χ3v) is 2.73. The number of hydrogen-bond acceptors (Lipinski definition) is 4. The zero-order chi connectivity index (χ0) is 13.3. The van der Waals surface area contributed by atoms with Crippen LogP contribution in [0, 0.1) is 6.92 Å². The summed E-state index contributed by atoms with van der Waals surface area (Å²) in [4.78, 5) is 12.0. The highest BCUT2D eigenvalue weighted by molar-refractivity contribution is 5.87. The Morgan fingerprint density at radius 2 is 2.22 bits per heavy atom. The van der Waals surface area contributed by atoms with Gasteiger partial charge in [-0.1, -0.05) is 6.08 Å². The van der Waals surface area contributed by atoms with Gasteiger partial charge in [-0.3, -0.25) is 4.79 Å². The van der Waals surface area contributed by atoms with Crippen LogP contribution in [0.25, 0.3) is 11.0 Å². The van der Waals surface area contributed by atoms with E-state index in [1.165, 1.54) is 19.2 Å². The molecule has 1 heterocycles. The third-order valence-electron chi connectivity index (χ3n) is 2.73. The first-order valence-electron chi connectivity index (χ1n) is 5.52. The molecule has 0 unspecified atom stereocenters. The van der Waals surface area contributed by atoms with Gasteiger partial charge in [-0.2, -0.15) is 0 Å². The highest BCUT2D eigenvalue weighted by Gasteiger charge is 2.17. The summed E-state index contributed by atoms with van der Waals surface area (Å²) >= 11 is 0. The Bertz CT molecular complexity index is 668. The van der Waals surface area contributed by atoms with Crippen molar-refractivity contribution in [3.05, 3.63) is 46.3 Å². The van der Waals surface area contributed by atoms with E-state index in [1.807, 2.05) is 0 Å². The minimum atomic E-state index is -0.184. The van der Waals surface area contributed by atoms with Crippen molar-refractivity contribution in [3.8, 4) is 11.5 Å². The Labute approximate surface area is 104 Å². The Morgan fingerprint density at radius 1 is 1.50 bits per heavy atom. The van der Waals surface area contributed by atoms with Gasteiger partial charge in [0.05, 0.1) is 7.11 Å². The van der Waals surface area contributed by atoms with Gasteiger partial charge in [0, 0.05) is 17.7 Å². The van der Waals surface area contributed by atoms with Gasteiger partial charge in [-0.25, -0.2) is 0 Å². The number of benzene rings is 1. The maximum Gasteiger partial charge on any atom is 0.196 e. The number of aromatic hydroxyl groups is 1. The highest BCUT2D eigenvalue weighted by atomic mass is 16.5. The highest BCUT2D eigenvalue weighted by Crippen LogP contribution is 2.35. The summed E-state index contributed by atoms with van der Waals surface area (Å²) < 4.78 is 10.7. The van der Waals surface area contributed by atoms with Crippen LogP contribution in [0.1, 0.15) is 11.3 Å². The van der Waals surface area contributed by atoms with Gasteiger partial charge < -0.3 is 14.3 Å². The van der Waals surface area contributed by atoms with Crippen molar-refractivity contribution in [3.63, 3.8) is 0 Å². The quantitative estimate of drug-likeness (QED) is 0.845. The smallest absolute Gasteiger partial charge is 0.196 e. The van der Waals surface area contributed by atoms with Gasteiger partial charge in [0.1, 0.15) is 28.2 Å².